The molecule has 2 N–H and O–H groups in total. The van der Waals surface area contributed by atoms with Crippen molar-refractivity contribution in [3.8, 4) is 34.2 Å². The molecular formula is C46H47N11O3Ru. The second kappa shape index (κ2) is 23.1. The first-order chi connectivity index (χ1) is 29.3. The van der Waals surface area contributed by atoms with Crippen LogP contribution in [0.3, 0.4) is 0 Å². The Balaban J connectivity index is 0.000000226. The van der Waals surface area contributed by atoms with E-state index in [0.717, 1.165) is 63.6 Å². The molecule has 0 aliphatic carbocycles. The van der Waals surface area contributed by atoms with Crippen LogP contribution < -0.4 is 16.6 Å². The number of amides is 1. The van der Waals surface area contributed by atoms with Crippen LogP contribution in [0.2, 0.25) is 0 Å². The molecule has 0 saturated carbocycles. The first kappa shape index (κ1) is 45.2. The van der Waals surface area contributed by atoms with Gasteiger partial charge in [-0.3, -0.25) is 48.6 Å². The summed E-state index contributed by atoms with van der Waals surface area (Å²) in [5.74, 6) is 0.583. The van der Waals surface area contributed by atoms with Crippen LogP contribution in [-0.4, -0.2) is 61.5 Å². The van der Waals surface area contributed by atoms with Gasteiger partial charge in [-0.1, -0.05) is 24.3 Å². The van der Waals surface area contributed by atoms with E-state index in [-0.39, 0.29) is 25.4 Å². The molecule has 0 bridgehead atoms. The van der Waals surface area contributed by atoms with Crippen molar-refractivity contribution in [1.82, 2.24) is 54.3 Å². The maximum Gasteiger partial charge on any atom is 0.332 e. The Labute approximate surface area is 366 Å². The van der Waals surface area contributed by atoms with E-state index in [9.17, 15) is 14.4 Å². The molecule has 0 aliphatic heterocycles. The number of nitrogens with one attached hydrogen (secondary N) is 2. The van der Waals surface area contributed by atoms with Gasteiger partial charge >= 0.3 is 5.69 Å². The zero-order valence-corrected chi connectivity index (χ0v) is 36.0. The SMILES string of the molecule is Cc1ccnc(-c2cc(CCCCNC(=O)CCCc3nc4c([nH]3)c(=O)n(C)c(=O)n4C)ccn2)c1.[Ru].c1ccc(-c2ccccn2)nc1.c1ccc(-c2ccccn2)nc1. The first-order valence-electron chi connectivity index (χ1n) is 19.7. The summed E-state index contributed by atoms with van der Waals surface area (Å²) in [6.07, 6.45) is 14.9. The number of rotatable bonds is 12. The largest absolute Gasteiger partial charge is 0.356 e. The molecule has 61 heavy (non-hydrogen) atoms. The van der Waals surface area contributed by atoms with Crippen LogP contribution in [0.25, 0.3) is 45.3 Å². The van der Waals surface area contributed by atoms with E-state index >= 15 is 0 Å². The smallest absolute Gasteiger partial charge is 0.332 e. The molecule has 1 amide bonds. The van der Waals surface area contributed by atoms with Gasteiger partial charge in [-0.25, -0.2) is 9.78 Å². The predicted octanol–water partition coefficient (Wildman–Crippen LogP) is 6.47. The van der Waals surface area contributed by atoms with Crippen LogP contribution in [0.4, 0.5) is 0 Å². The summed E-state index contributed by atoms with van der Waals surface area (Å²) in [6.45, 7) is 2.66. The summed E-state index contributed by atoms with van der Waals surface area (Å²) in [5, 5.41) is 2.97. The Bertz CT molecular complexity index is 2560. The number of unbranched alkanes of at least 4 members (excludes halogenated alkanes) is 1. The van der Waals surface area contributed by atoms with Crippen LogP contribution in [-0.2, 0) is 51.2 Å². The fraction of sp³-hybridized carbons (Fsp3) is 0.217. The minimum Gasteiger partial charge on any atom is -0.356 e. The Kier molecular flexibility index (Phi) is 17.1. The number of pyridine rings is 6. The standard InChI is InChI=1S/C26H31N7O3.2C10H8N2.Ru/c1-17-10-13-27-19(15-17)20-16-18(11-14-28-20)7-4-5-12-29-22(34)9-6-8-21-30-23-24(31-21)32(2)26(36)33(3)25(23)35;2*1-3-7-11-9(5-1)10-6-2-4-8-12-10;/h10-11,13-16H,4-9,12H2,1-3H3,(H,29,34)(H,30,31);2*1-8H;. The fourth-order valence-corrected chi connectivity index (χ4v) is 6.18. The van der Waals surface area contributed by atoms with Crippen molar-refractivity contribution >= 4 is 17.1 Å². The number of aromatic nitrogens is 10. The van der Waals surface area contributed by atoms with Crippen LogP contribution in [0.15, 0.2) is 144 Å². The molecule has 0 unspecified atom stereocenters. The third-order valence-corrected chi connectivity index (χ3v) is 9.36. The molecule has 0 aromatic carbocycles. The molecule has 0 saturated heterocycles. The van der Waals surface area contributed by atoms with Gasteiger partial charge < -0.3 is 10.3 Å². The second-order valence-corrected chi connectivity index (χ2v) is 13.9. The Hall–Kier alpha value is -6.86. The van der Waals surface area contributed by atoms with Crippen molar-refractivity contribution in [2.24, 2.45) is 14.1 Å². The van der Waals surface area contributed by atoms with Crippen LogP contribution in [0.1, 0.15) is 42.6 Å². The summed E-state index contributed by atoms with van der Waals surface area (Å²) in [4.78, 5) is 69.5. The van der Waals surface area contributed by atoms with Crippen molar-refractivity contribution in [2.45, 2.75) is 45.4 Å². The molecule has 0 atom stereocenters. The van der Waals surface area contributed by atoms with Gasteiger partial charge in [0.25, 0.3) is 5.56 Å². The zero-order valence-electron chi connectivity index (χ0n) is 34.3. The summed E-state index contributed by atoms with van der Waals surface area (Å²) in [6, 6.07) is 31.3. The average molecular weight is 903 g/mol. The predicted molar refractivity (Wildman–Crippen MR) is 233 cm³/mol. The minimum atomic E-state index is -0.419. The van der Waals surface area contributed by atoms with Crippen molar-refractivity contribution in [2.75, 3.05) is 6.54 Å². The zero-order chi connectivity index (χ0) is 42.1. The maximum absolute atomic E-state index is 12.3. The second-order valence-electron chi connectivity index (χ2n) is 13.9. The van der Waals surface area contributed by atoms with Crippen LogP contribution in [0.5, 0.6) is 0 Å². The topological polar surface area (TPSA) is 179 Å². The van der Waals surface area contributed by atoms with Gasteiger partial charge in [0, 0.05) is 90.1 Å². The van der Waals surface area contributed by atoms with E-state index in [1.807, 2.05) is 104 Å². The van der Waals surface area contributed by atoms with E-state index in [1.165, 1.54) is 17.2 Å². The number of H-pyrrole nitrogens is 1. The Morgan fingerprint density at radius 2 is 1.13 bits per heavy atom. The molecule has 0 spiro atoms. The molecule has 8 rings (SSSR count). The van der Waals surface area contributed by atoms with Gasteiger partial charge in [0.15, 0.2) is 5.65 Å². The van der Waals surface area contributed by atoms with Gasteiger partial charge in [0.2, 0.25) is 5.91 Å². The molecule has 0 aliphatic rings. The van der Waals surface area contributed by atoms with Crippen LogP contribution in [0, 0.1) is 6.92 Å². The number of hydrogen-bond donors (Lipinski definition) is 2. The molecular weight excluding hydrogens is 856 g/mol. The number of aryl methyl sites for hydroxylation is 4. The number of imidazole rings is 1. The molecule has 0 radical (unpaired) electrons. The number of carbonyl (C=O) groups excluding carboxylic acids is 1. The third-order valence-electron chi connectivity index (χ3n) is 9.36. The Morgan fingerprint density at radius 1 is 0.607 bits per heavy atom. The van der Waals surface area contributed by atoms with Gasteiger partial charge in [-0.2, -0.15) is 0 Å². The van der Waals surface area contributed by atoms with Crippen molar-refractivity contribution in [3.63, 3.8) is 0 Å². The molecule has 14 nitrogen and oxygen atoms in total. The Morgan fingerprint density at radius 3 is 1.66 bits per heavy atom. The van der Waals surface area contributed by atoms with E-state index in [4.69, 9.17) is 0 Å². The third kappa shape index (κ3) is 13.1. The van der Waals surface area contributed by atoms with Crippen molar-refractivity contribution in [1.29, 1.82) is 0 Å². The molecule has 0 fully saturated rings. The molecule has 8 aromatic heterocycles. The molecule has 8 heterocycles. The number of carbonyl (C=O) groups is 1. The van der Waals surface area contributed by atoms with E-state index < -0.39 is 11.2 Å². The van der Waals surface area contributed by atoms with Crippen LogP contribution >= 0.6 is 0 Å². The average Bonchev–Trinajstić information content (AvgIpc) is 3.74. The number of fused-ring (bicyclic) bond motifs is 1. The summed E-state index contributed by atoms with van der Waals surface area (Å²) in [5.41, 5.74) is 7.57. The number of nitrogens with zero attached hydrogens (tertiary/aromatic N) is 9. The van der Waals surface area contributed by atoms with Gasteiger partial charge in [-0.15, -0.1) is 0 Å². The van der Waals surface area contributed by atoms with E-state index in [0.29, 0.717) is 42.8 Å². The van der Waals surface area contributed by atoms with Gasteiger partial charge in [0.05, 0.1) is 34.2 Å². The van der Waals surface area contributed by atoms with Gasteiger partial charge in [-0.05, 0) is 117 Å². The molecule has 312 valence electrons. The number of hydrogen-bond acceptors (Lipinski definition) is 10. The summed E-state index contributed by atoms with van der Waals surface area (Å²) < 4.78 is 2.39. The maximum atomic E-state index is 12.3. The first-order valence-corrected chi connectivity index (χ1v) is 19.7. The summed E-state index contributed by atoms with van der Waals surface area (Å²) in [7, 11) is 3.02. The van der Waals surface area contributed by atoms with Crippen molar-refractivity contribution < 1.29 is 24.3 Å². The van der Waals surface area contributed by atoms with E-state index in [1.54, 1.807) is 38.0 Å². The molecule has 15 heteroatoms. The number of aromatic amines is 1. The minimum absolute atomic E-state index is 0. The quantitative estimate of drug-likeness (QED) is 0.102. The normalized spacial score (nSPS) is 10.4. The summed E-state index contributed by atoms with van der Waals surface area (Å²) >= 11 is 0. The monoisotopic (exact) mass is 903 g/mol. The molecule has 8 aromatic rings. The van der Waals surface area contributed by atoms with E-state index in [2.05, 4.69) is 51.3 Å². The fourth-order valence-electron chi connectivity index (χ4n) is 6.18. The van der Waals surface area contributed by atoms with Gasteiger partial charge in [0.1, 0.15) is 11.3 Å². The van der Waals surface area contributed by atoms with Crippen molar-refractivity contribution in [3.05, 3.63) is 172 Å².